The van der Waals surface area contributed by atoms with Gasteiger partial charge in [0.15, 0.2) is 0 Å². The van der Waals surface area contributed by atoms with E-state index in [4.69, 9.17) is 27.9 Å². The molecule has 0 bridgehead atoms. The van der Waals surface area contributed by atoms with E-state index in [0.717, 1.165) is 18.7 Å². The molecule has 2 rings (SSSR count). The third kappa shape index (κ3) is 4.35. The molecule has 0 aromatic heterocycles. The van der Waals surface area contributed by atoms with Crippen LogP contribution in [0.3, 0.4) is 0 Å². The average Bonchev–Trinajstić information content (AvgIpc) is 2.37. The Labute approximate surface area is 128 Å². The summed E-state index contributed by atoms with van der Waals surface area (Å²) in [4.78, 5) is 11.6. The fourth-order valence-electron chi connectivity index (χ4n) is 1.93. The van der Waals surface area contributed by atoms with Crippen molar-refractivity contribution in [3.63, 3.8) is 0 Å². The number of hydrogen-bond donors (Lipinski definition) is 2. The Bertz CT molecular complexity index is 490. The van der Waals surface area contributed by atoms with Crippen LogP contribution in [0, 0.1) is 0 Å². The fourth-order valence-corrected chi connectivity index (χ4v) is 2.43. The van der Waals surface area contributed by atoms with Gasteiger partial charge in [-0.05, 0) is 31.0 Å². The van der Waals surface area contributed by atoms with E-state index in [9.17, 15) is 4.79 Å². The van der Waals surface area contributed by atoms with E-state index in [1.54, 1.807) is 12.1 Å². The highest BCUT2D eigenvalue weighted by Gasteiger charge is 2.32. The van der Waals surface area contributed by atoms with Crippen LogP contribution in [-0.2, 0) is 16.0 Å². The maximum atomic E-state index is 11.6. The summed E-state index contributed by atoms with van der Waals surface area (Å²) in [6, 6.07) is 5.36. The molecule has 0 aliphatic carbocycles. The summed E-state index contributed by atoms with van der Waals surface area (Å²) in [5.74, 6) is -0.108. The van der Waals surface area contributed by atoms with Crippen molar-refractivity contribution in [3.8, 4) is 0 Å². The lowest BCUT2D eigenvalue weighted by Crippen LogP contribution is -2.59. The number of amides is 1. The Balaban J connectivity index is 1.68. The molecule has 1 aromatic rings. The van der Waals surface area contributed by atoms with Crippen LogP contribution in [0.4, 0.5) is 0 Å². The minimum Gasteiger partial charge on any atom is -0.363 e. The molecular formula is C14H18Cl2N2O2. The molecular weight excluding hydrogens is 299 g/mol. The van der Waals surface area contributed by atoms with Crippen molar-refractivity contribution in [2.24, 2.45) is 0 Å². The zero-order valence-corrected chi connectivity index (χ0v) is 12.9. The van der Waals surface area contributed by atoms with Crippen LogP contribution in [0.1, 0.15) is 12.5 Å². The molecule has 2 N–H and O–H groups in total. The van der Waals surface area contributed by atoms with Crippen molar-refractivity contribution >= 4 is 29.1 Å². The second-order valence-electron chi connectivity index (χ2n) is 5.18. The van der Waals surface area contributed by atoms with E-state index in [1.807, 2.05) is 13.0 Å². The molecule has 6 heteroatoms. The van der Waals surface area contributed by atoms with Gasteiger partial charge in [-0.15, -0.1) is 0 Å². The number of hydrogen-bond acceptors (Lipinski definition) is 3. The minimum absolute atomic E-state index is 0.0898. The zero-order chi connectivity index (χ0) is 14.6. The highest BCUT2D eigenvalue weighted by atomic mass is 35.5. The van der Waals surface area contributed by atoms with Gasteiger partial charge < -0.3 is 15.4 Å². The van der Waals surface area contributed by atoms with Gasteiger partial charge in [-0.3, -0.25) is 4.79 Å². The lowest BCUT2D eigenvalue weighted by Gasteiger charge is -2.38. The number of benzene rings is 1. The molecule has 0 saturated carbocycles. The molecule has 1 aromatic carbocycles. The molecule has 4 nitrogen and oxygen atoms in total. The number of rotatable bonds is 6. The standard InChI is InChI=1S/C14H18Cl2N2O2/c1-14(8-17-9-14)20-7-13(19)18-5-4-10-2-3-11(15)6-12(10)16/h2-3,6,17H,4-5,7-9H2,1H3,(H,18,19). The molecule has 0 atom stereocenters. The lowest BCUT2D eigenvalue weighted by molar-refractivity contribution is -0.135. The molecule has 1 amide bonds. The highest BCUT2D eigenvalue weighted by molar-refractivity contribution is 6.35. The van der Waals surface area contributed by atoms with E-state index in [2.05, 4.69) is 10.6 Å². The lowest BCUT2D eigenvalue weighted by atomic mass is 10.0. The van der Waals surface area contributed by atoms with Gasteiger partial charge in [0.2, 0.25) is 5.91 Å². The van der Waals surface area contributed by atoms with Gasteiger partial charge >= 0.3 is 0 Å². The van der Waals surface area contributed by atoms with Crippen LogP contribution in [0.2, 0.25) is 10.0 Å². The van der Waals surface area contributed by atoms with Gasteiger partial charge in [0, 0.05) is 29.7 Å². The van der Waals surface area contributed by atoms with E-state index >= 15 is 0 Å². The van der Waals surface area contributed by atoms with Crippen molar-refractivity contribution in [1.29, 1.82) is 0 Å². The summed E-state index contributed by atoms with van der Waals surface area (Å²) >= 11 is 11.9. The molecule has 1 fully saturated rings. The van der Waals surface area contributed by atoms with E-state index < -0.39 is 0 Å². The molecule has 1 saturated heterocycles. The predicted octanol–water partition coefficient (Wildman–Crippen LogP) is 2.03. The average molecular weight is 317 g/mol. The molecule has 1 heterocycles. The Hall–Kier alpha value is -0.810. The minimum atomic E-state index is -0.198. The molecule has 0 spiro atoms. The van der Waals surface area contributed by atoms with Gasteiger partial charge in [0.05, 0.1) is 5.60 Å². The van der Waals surface area contributed by atoms with Crippen LogP contribution in [0.5, 0.6) is 0 Å². The van der Waals surface area contributed by atoms with Crippen LogP contribution in [0.15, 0.2) is 18.2 Å². The SMILES string of the molecule is CC1(OCC(=O)NCCc2ccc(Cl)cc2Cl)CNC1. The maximum absolute atomic E-state index is 11.6. The Morgan fingerprint density at radius 2 is 2.20 bits per heavy atom. The number of nitrogens with one attached hydrogen (secondary N) is 2. The summed E-state index contributed by atoms with van der Waals surface area (Å²) in [6.07, 6.45) is 0.667. The molecule has 1 aliphatic rings. The van der Waals surface area contributed by atoms with Crippen molar-refractivity contribution in [3.05, 3.63) is 33.8 Å². The van der Waals surface area contributed by atoms with E-state index in [-0.39, 0.29) is 18.1 Å². The van der Waals surface area contributed by atoms with Crippen LogP contribution in [0.25, 0.3) is 0 Å². The first kappa shape index (κ1) is 15.6. The molecule has 1 aliphatic heterocycles. The van der Waals surface area contributed by atoms with Crippen molar-refractivity contribution in [2.45, 2.75) is 18.9 Å². The Kier molecular flexibility index (Phi) is 5.27. The summed E-state index contributed by atoms with van der Waals surface area (Å²) in [5, 5.41) is 7.17. The number of carbonyl (C=O) groups is 1. The summed E-state index contributed by atoms with van der Waals surface area (Å²) in [5.41, 5.74) is 0.768. The highest BCUT2D eigenvalue weighted by Crippen LogP contribution is 2.21. The third-order valence-electron chi connectivity index (χ3n) is 3.28. The number of ether oxygens (including phenoxy) is 1. The molecule has 20 heavy (non-hydrogen) atoms. The van der Waals surface area contributed by atoms with Crippen molar-refractivity contribution in [2.75, 3.05) is 26.2 Å². The van der Waals surface area contributed by atoms with Crippen molar-refractivity contribution < 1.29 is 9.53 Å². The fraction of sp³-hybridized carbons (Fsp3) is 0.500. The van der Waals surface area contributed by atoms with Gasteiger partial charge in [-0.2, -0.15) is 0 Å². The normalized spacial score (nSPS) is 16.6. The Morgan fingerprint density at radius 3 is 2.80 bits per heavy atom. The first-order valence-corrected chi connectivity index (χ1v) is 7.29. The third-order valence-corrected chi connectivity index (χ3v) is 3.87. The monoisotopic (exact) mass is 316 g/mol. The maximum Gasteiger partial charge on any atom is 0.246 e. The van der Waals surface area contributed by atoms with Gasteiger partial charge in [-0.1, -0.05) is 29.3 Å². The smallest absolute Gasteiger partial charge is 0.246 e. The number of carbonyl (C=O) groups excluding carboxylic acids is 1. The van der Waals surface area contributed by atoms with Crippen LogP contribution >= 0.6 is 23.2 Å². The topological polar surface area (TPSA) is 50.4 Å². The van der Waals surface area contributed by atoms with E-state index in [0.29, 0.717) is 23.0 Å². The van der Waals surface area contributed by atoms with Crippen LogP contribution in [-0.4, -0.2) is 37.7 Å². The van der Waals surface area contributed by atoms with Gasteiger partial charge in [0.1, 0.15) is 6.61 Å². The Morgan fingerprint density at radius 1 is 1.45 bits per heavy atom. The van der Waals surface area contributed by atoms with E-state index in [1.165, 1.54) is 0 Å². The van der Waals surface area contributed by atoms with Crippen LogP contribution < -0.4 is 10.6 Å². The summed E-state index contributed by atoms with van der Waals surface area (Å²) in [6.45, 7) is 4.19. The second-order valence-corrected chi connectivity index (χ2v) is 6.02. The number of halogens is 2. The molecule has 0 unspecified atom stereocenters. The first-order valence-electron chi connectivity index (χ1n) is 6.54. The second kappa shape index (κ2) is 6.76. The molecule has 110 valence electrons. The summed E-state index contributed by atoms with van der Waals surface area (Å²) in [7, 11) is 0. The van der Waals surface area contributed by atoms with Gasteiger partial charge in [0.25, 0.3) is 0 Å². The quantitative estimate of drug-likeness (QED) is 0.844. The molecule has 0 radical (unpaired) electrons. The predicted molar refractivity (Wildman–Crippen MR) is 80.4 cm³/mol. The first-order chi connectivity index (χ1) is 9.48. The summed E-state index contributed by atoms with van der Waals surface area (Å²) < 4.78 is 5.55. The zero-order valence-electron chi connectivity index (χ0n) is 11.3. The van der Waals surface area contributed by atoms with Crippen molar-refractivity contribution in [1.82, 2.24) is 10.6 Å². The van der Waals surface area contributed by atoms with Gasteiger partial charge in [-0.25, -0.2) is 0 Å². The largest absolute Gasteiger partial charge is 0.363 e.